The molecule has 0 spiro atoms. The normalized spacial score (nSPS) is 23.2. The van der Waals surface area contributed by atoms with E-state index >= 15 is 0 Å². The number of benzene rings is 1. The third-order valence-corrected chi connectivity index (χ3v) is 3.60. The fraction of sp³-hybridized carbons (Fsp3) is 0.500. The highest BCUT2D eigenvalue weighted by atomic mass is 35.5. The summed E-state index contributed by atoms with van der Waals surface area (Å²) in [4.78, 5) is 13.2. The summed E-state index contributed by atoms with van der Waals surface area (Å²) in [7, 11) is 0. The molecule has 1 aliphatic heterocycles. The molecule has 0 amide bonds. The summed E-state index contributed by atoms with van der Waals surface area (Å²) in [6, 6.07) is 8.17. The molecular weight excluding hydrogens is 262 g/mol. The number of carbonyl (C=O) groups excluding carboxylic acids is 1. The second-order valence-electron chi connectivity index (χ2n) is 5.39. The molecule has 5 heteroatoms. The van der Waals surface area contributed by atoms with E-state index in [4.69, 9.17) is 17.3 Å². The van der Waals surface area contributed by atoms with Crippen molar-refractivity contribution in [2.24, 2.45) is 5.73 Å². The lowest BCUT2D eigenvalue weighted by atomic mass is 10.2. The average Bonchev–Trinajstić information content (AvgIpc) is 2.79. The van der Waals surface area contributed by atoms with E-state index in [1.807, 2.05) is 24.3 Å². The van der Waals surface area contributed by atoms with Crippen LogP contribution < -0.4 is 11.1 Å². The van der Waals surface area contributed by atoms with Crippen molar-refractivity contribution in [3.63, 3.8) is 0 Å². The van der Waals surface area contributed by atoms with E-state index in [0.717, 1.165) is 37.4 Å². The van der Waals surface area contributed by atoms with Crippen LogP contribution in [0.4, 0.5) is 0 Å². The SMILES string of the molecule is C[C@@](N)(C=O)N[C@@H]1CCN(Cc2ccc(Cl)cc2)C1. The van der Waals surface area contributed by atoms with E-state index in [-0.39, 0.29) is 6.04 Å². The van der Waals surface area contributed by atoms with Crippen molar-refractivity contribution >= 4 is 17.9 Å². The Kier molecular flexibility index (Phi) is 4.58. The molecule has 0 radical (unpaired) electrons. The van der Waals surface area contributed by atoms with Gasteiger partial charge in [-0.1, -0.05) is 23.7 Å². The number of nitrogens with two attached hydrogens (primary N) is 1. The minimum absolute atomic E-state index is 0.271. The van der Waals surface area contributed by atoms with Gasteiger partial charge in [0.05, 0.1) is 0 Å². The van der Waals surface area contributed by atoms with Crippen LogP contribution in [-0.2, 0) is 11.3 Å². The van der Waals surface area contributed by atoms with E-state index in [2.05, 4.69) is 10.2 Å². The molecule has 1 aliphatic rings. The van der Waals surface area contributed by atoms with Crippen molar-refractivity contribution < 1.29 is 4.79 Å². The van der Waals surface area contributed by atoms with Crippen LogP contribution in [0.15, 0.2) is 24.3 Å². The quantitative estimate of drug-likeness (QED) is 0.632. The summed E-state index contributed by atoms with van der Waals surface area (Å²) in [5, 5.41) is 3.94. The topological polar surface area (TPSA) is 58.4 Å². The van der Waals surface area contributed by atoms with E-state index in [9.17, 15) is 4.79 Å². The lowest BCUT2D eigenvalue weighted by molar-refractivity contribution is -0.113. The zero-order chi connectivity index (χ0) is 13.9. The molecule has 1 saturated heterocycles. The van der Waals surface area contributed by atoms with Crippen LogP contribution in [-0.4, -0.2) is 36.0 Å². The predicted molar refractivity (Wildman–Crippen MR) is 76.9 cm³/mol. The first-order valence-corrected chi connectivity index (χ1v) is 6.86. The minimum atomic E-state index is -0.930. The van der Waals surface area contributed by atoms with Gasteiger partial charge in [0, 0.05) is 30.7 Å². The first-order chi connectivity index (χ1) is 8.98. The van der Waals surface area contributed by atoms with Gasteiger partial charge in [-0.2, -0.15) is 0 Å². The van der Waals surface area contributed by atoms with Gasteiger partial charge in [0.2, 0.25) is 0 Å². The zero-order valence-electron chi connectivity index (χ0n) is 11.1. The Morgan fingerprint density at radius 3 is 2.84 bits per heavy atom. The Bertz CT molecular complexity index is 433. The standard InChI is InChI=1S/C14H20ClN3O/c1-14(16,10-19)17-13-6-7-18(9-13)8-11-2-4-12(15)5-3-11/h2-5,10,13,17H,6-9,16H2,1H3/t13-,14+/m1/s1. The molecule has 19 heavy (non-hydrogen) atoms. The van der Waals surface area contributed by atoms with Crippen LogP contribution in [0, 0.1) is 0 Å². The van der Waals surface area contributed by atoms with Crippen molar-refractivity contribution in [2.75, 3.05) is 13.1 Å². The number of halogens is 1. The number of carbonyl (C=O) groups is 1. The van der Waals surface area contributed by atoms with Crippen molar-refractivity contribution in [1.82, 2.24) is 10.2 Å². The van der Waals surface area contributed by atoms with E-state index in [1.165, 1.54) is 5.56 Å². The maximum atomic E-state index is 10.8. The maximum absolute atomic E-state index is 10.8. The zero-order valence-corrected chi connectivity index (χ0v) is 11.9. The van der Waals surface area contributed by atoms with Crippen LogP contribution in [0.25, 0.3) is 0 Å². The van der Waals surface area contributed by atoms with Gasteiger partial charge < -0.3 is 5.73 Å². The average molecular weight is 282 g/mol. The molecule has 0 aromatic heterocycles. The molecule has 1 heterocycles. The summed E-state index contributed by atoms with van der Waals surface area (Å²) in [6.07, 6.45) is 1.77. The molecule has 1 fully saturated rings. The molecule has 0 bridgehead atoms. The summed E-state index contributed by atoms with van der Waals surface area (Å²) in [5.41, 5.74) is 6.11. The summed E-state index contributed by atoms with van der Waals surface area (Å²) in [6.45, 7) is 4.51. The van der Waals surface area contributed by atoms with Crippen LogP contribution in [0.3, 0.4) is 0 Å². The van der Waals surface area contributed by atoms with Crippen LogP contribution in [0.5, 0.6) is 0 Å². The minimum Gasteiger partial charge on any atom is -0.308 e. The Hall–Kier alpha value is -0.940. The van der Waals surface area contributed by atoms with Crippen molar-refractivity contribution in [1.29, 1.82) is 0 Å². The molecule has 0 saturated carbocycles. The van der Waals surface area contributed by atoms with Gasteiger partial charge in [-0.15, -0.1) is 0 Å². The second kappa shape index (κ2) is 6.01. The lowest BCUT2D eigenvalue weighted by Crippen LogP contribution is -2.56. The number of likely N-dealkylation sites (tertiary alicyclic amines) is 1. The molecule has 3 N–H and O–H groups in total. The highest BCUT2D eigenvalue weighted by molar-refractivity contribution is 6.30. The number of rotatable bonds is 5. The lowest BCUT2D eigenvalue weighted by Gasteiger charge is -2.24. The maximum Gasteiger partial charge on any atom is 0.154 e. The number of hydrogen-bond donors (Lipinski definition) is 2. The third-order valence-electron chi connectivity index (χ3n) is 3.35. The Labute approximate surface area is 118 Å². The molecule has 2 rings (SSSR count). The van der Waals surface area contributed by atoms with Gasteiger partial charge in [-0.05, 0) is 31.0 Å². The molecule has 4 nitrogen and oxygen atoms in total. The Morgan fingerprint density at radius 2 is 2.21 bits per heavy atom. The molecule has 0 aliphatic carbocycles. The number of hydrogen-bond acceptors (Lipinski definition) is 4. The van der Waals surface area contributed by atoms with Crippen LogP contribution in [0.1, 0.15) is 18.9 Å². The molecule has 0 unspecified atom stereocenters. The van der Waals surface area contributed by atoms with Gasteiger partial charge in [0.1, 0.15) is 5.66 Å². The monoisotopic (exact) mass is 281 g/mol. The number of nitrogens with zero attached hydrogens (tertiary/aromatic N) is 1. The van der Waals surface area contributed by atoms with Crippen molar-refractivity contribution in [3.8, 4) is 0 Å². The highest BCUT2D eigenvalue weighted by Crippen LogP contribution is 2.16. The predicted octanol–water partition coefficient (Wildman–Crippen LogP) is 1.38. The van der Waals surface area contributed by atoms with Gasteiger partial charge >= 0.3 is 0 Å². The molecule has 104 valence electrons. The van der Waals surface area contributed by atoms with Gasteiger partial charge in [0.15, 0.2) is 6.29 Å². The highest BCUT2D eigenvalue weighted by Gasteiger charge is 2.27. The molecule has 2 atom stereocenters. The molecule has 1 aromatic rings. The smallest absolute Gasteiger partial charge is 0.154 e. The first kappa shape index (κ1) is 14.5. The van der Waals surface area contributed by atoms with Gasteiger partial charge in [0.25, 0.3) is 0 Å². The summed E-state index contributed by atoms with van der Waals surface area (Å²) in [5.74, 6) is 0. The molecular formula is C14H20ClN3O. The largest absolute Gasteiger partial charge is 0.308 e. The van der Waals surface area contributed by atoms with Gasteiger partial charge in [-0.3, -0.25) is 15.0 Å². The number of nitrogens with one attached hydrogen (secondary N) is 1. The van der Waals surface area contributed by atoms with Gasteiger partial charge in [-0.25, -0.2) is 0 Å². The van der Waals surface area contributed by atoms with Crippen molar-refractivity contribution in [3.05, 3.63) is 34.9 Å². The van der Waals surface area contributed by atoms with Crippen molar-refractivity contribution in [2.45, 2.75) is 31.6 Å². The third kappa shape index (κ3) is 4.28. The van der Waals surface area contributed by atoms with Crippen LogP contribution in [0.2, 0.25) is 5.02 Å². The van der Waals surface area contributed by atoms with Crippen LogP contribution >= 0.6 is 11.6 Å². The Balaban J connectivity index is 1.85. The summed E-state index contributed by atoms with van der Waals surface area (Å²) < 4.78 is 0. The number of aldehydes is 1. The first-order valence-electron chi connectivity index (χ1n) is 6.48. The van der Waals surface area contributed by atoms with E-state index in [0.29, 0.717) is 0 Å². The fourth-order valence-corrected chi connectivity index (χ4v) is 2.54. The van der Waals surface area contributed by atoms with E-state index < -0.39 is 5.66 Å². The summed E-state index contributed by atoms with van der Waals surface area (Å²) >= 11 is 5.87. The Morgan fingerprint density at radius 1 is 1.53 bits per heavy atom. The fourth-order valence-electron chi connectivity index (χ4n) is 2.42. The second-order valence-corrected chi connectivity index (χ2v) is 5.83. The molecule has 1 aromatic carbocycles. The van der Waals surface area contributed by atoms with E-state index in [1.54, 1.807) is 6.92 Å².